The van der Waals surface area contributed by atoms with Crippen molar-refractivity contribution < 1.29 is 14.7 Å². The van der Waals surface area contributed by atoms with Gasteiger partial charge in [-0.05, 0) is 36.2 Å². The summed E-state index contributed by atoms with van der Waals surface area (Å²) in [5.74, 6) is 1.27. The van der Waals surface area contributed by atoms with Gasteiger partial charge in [0.25, 0.3) is 0 Å². The van der Waals surface area contributed by atoms with E-state index in [1.807, 2.05) is 18.2 Å². The summed E-state index contributed by atoms with van der Waals surface area (Å²) in [5.41, 5.74) is 3.07. The van der Waals surface area contributed by atoms with Crippen molar-refractivity contribution in [1.29, 1.82) is 0 Å². The first-order chi connectivity index (χ1) is 9.74. The van der Waals surface area contributed by atoms with Crippen LogP contribution in [0.1, 0.15) is 16.7 Å². The summed E-state index contributed by atoms with van der Waals surface area (Å²) in [6, 6.07) is 13.4. The molecule has 0 aromatic heterocycles. The van der Waals surface area contributed by atoms with Crippen molar-refractivity contribution >= 4 is 6.21 Å². The third-order valence-corrected chi connectivity index (χ3v) is 3.04. The van der Waals surface area contributed by atoms with Crippen molar-refractivity contribution in [3.63, 3.8) is 0 Å². The zero-order valence-corrected chi connectivity index (χ0v) is 11.5. The first-order valence-electron chi connectivity index (χ1n) is 6.27. The average Bonchev–Trinajstić information content (AvgIpc) is 2.47. The molecular formula is C16H17NO3. The van der Waals surface area contributed by atoms with E-state index >= 15 is 0 Å². The maximum Gasteiger partial charge on any atom is 0.161 e. The minimum absolute atomic E-state index is 0.483. The molecule has 4 heteroatoms. The molecule has 0 spiro atoms. The number of nitrogens with zero attached hydrogens (tertiary/aromatic N) is 1. The predicted molar refractivity (Wildman–Crippen MR) is 77.9 cm³/mol. The quantitative estimate of drug-likeness (QED) is 0.515. The minimum atomic E-state index is 0.483. The van der Waals surface area contributed by atoms with E-state index in [4.69, 9.17) is 14.7 Å². The smallest absolute Gasteiger partial charge is 0.161 e. The number of hydrogen-bond donors (Lipinski definition) is 1. The highest BCUT2D eigenvalue weighted by Crippen LogP contribution is 2.28. The first kappa shape index (κ1) is 13.9. The van der Waals surface area contributed by atoms with Crippen molar-refractivity contribution in [2.45, 2.75) is 13.5 Å². The Bertz CT molecular complexity index is 608. The molecule has 104 valence electrons. The van der Waals surface area contributed by atoms with E-state index in [0.29, 0.717) is 18.1 Å². The molecule has 0 amide bonds. The monoisotopic (exact) mass is 271 g/mol. The predicted octanol–water partition coefficient (Wildman–Crippen LogP) is 3.39. The number of ether oxygens (including phenoxy) is 2. The van der Waals surface area contributed by atoms with Gasteiger partial charge in [-0.15, -0.1) is 0 Å². The number of methoxy groups -OCH3 is 1. The number of hydrogen-bond acceptors (Lipinski definition) is 4. The Morgan fingerprint density at radius 1 is 1.15 bits per heavy atom. The van der Waals surface area contributed by atoms with E-state index in [2.05, 4.69) is 18.1 Å². The van der Waals surface area contributed by atoms with Gasteiger partial charge in [-0.25, -0.2) is 0 Å². The molecule has 0 radical (unpaired) electrons. The molecule has 0 bridgehead atoms. The van der Waals surface area contributed by atoms with Crippen LogP contribution in [0.2, 0.25) is 0 Å². The Morgan fingerprint density at radius 2 is 1.95 bits per heavy atom. The van der Waals surface area contributed by atoms with Crippen molar-refractivity contribution in [3.05, 3.63) is 59.2 Å². The molecule has 1 N–H and O–H groups in total. The molecule has 0 aliphatic heterocycles. The van der Waals surface area contributed by atoms with Crippen molar-refractivity contribution in [2.24, 2.45) is 5.16 Å². The summed E-state index contributed by atoms with van der Waals surface area (Å²) in [6.45, 7) is 2.53. The molecule has 0 atom stereocenters. The van der Waals surface area contributed by atoms with Crippen LogP contribution in [0.15, 0.2) is 47.6 Å². The second-order valence-corrected chi connectivity index (χ2v) is 4.37. The maximum absolute atomic E-state index is 8.53. The molecule has 0 saturated heterocycles. The van der Waals surface area contributed by atoms with Crippen LogP contribution in [0.4, 0.5) is 0 Å². The van der Waals surface area contributed by atoms with Crippen molar-refractivity contribution in [2.75, 3.05) is 7.11 Å². The van der Waals surface area contributed by atoms with Crippen molar-refractivity contribution in [1.82, 2.24) is 0 Å². The minimum Gasteiger partial charge on any atom is -0.493 e. The molecule has 0 aliphatic rings. The second-order valence-electron chi connectivity index (χ2n) is 4.37. The third kappa shape index (κ3) is 3.29. The van der Waals surface area contributed by atoms with Crippen LogP contribution in [-0.4, -0.2) is 18.5 Å². The number of benzene rings is 2. The fourth-order valence-electron chi connectivity index (χ4n) is 1.88. The number of aryl methyl sites for hydroxylation is 1. The fourth-order valence-corrected chi connectivity index (χ4v) is 1.88. The summed E-state index contributed by atoms with van der Waals surface area (Å²) in [5, 5.41) is 11.5. The highest BCUT2D eigenvalue weighted by Gasteiger charge is 2.06. The standard InChI is InChI=1S/C16H17NO3/c1-12-5-3-4-6-14(12)11-20-15-8-7-13(10-17-18)9-16(15)19-2/h3-10,18H,11H2,1-2H3/b17-10-. The Hall–Kier alpha value is -2.49. The van der Waals surface area contributed by atoms with Crippen LogP contribution in [0.25, 0.3) is 0 Å². The van der Waals surface area contributed by atoms with E-state index in [0.717, 1.165) is 11.1 Å². The van der Waals surface area contributed by atoms with E-state index in [1.54, 1.807) is 25.3 Å². The van der Waals surface area contributed by atoms with Gasteiger partial charge in [-0.2, -0.15) is 0 Å². The first-order valence-corrected chi connectivity index (χ1v) is 6.27. The SMILES string of the molecule is COc1cc(/C=N\O)ccc1OCc1ccccc1C. The van der Waals surface area contributed by atoms with Crippen LogP contribution in [-0.2, 0) is 6.61 Å². The van der Waals surface area contributed by atoms with Gasteiger partial charge in [-0.3, -0.25) is 0 Å². The van der Waals surface area contributed by atoms with E-state index in [9.17, 15) is 0 Å². The average molecular weight is 271 g/mol. The Labute approximate surface area is 118 Å². The lowest BCUT2D eigenvalue weighted by molar-refractivity contribution is 0.284. The van der Waals surface area contributed by atoms with Gasteiger partial charge in [-0.1, -0.05) is 29.4 Å². The van der Waals surface area contributed by atoms with E-state index < -0.39 is 0 Å². The lowest BCUT2D eigenvalue weighted by Crippen LogP contribution is -2.00. The van der Waals surface area contributed by atoms with E-state index in [-0.39, 0.29) is 0 Å². The van der Waals surface area contributed by atoms with Crippen LogP contribution < -0.4 is 9.47 Å². The van der Waals surface area contributed by atoms with Gasteiger partial charge >= 0.3 is 0 Å². The molecular weight excluding hydrogens is 254 g/mol. The van der Waals surface area contributed by atoms with Crippen LogP contribution in [0.3, 0.4) is 0 Å². The van der Waals surface area contributed by atoms with Gasteiger partial charge in [0.1, 0.15) is 6.61 Å². The Kier molecular flexibility index (Phi) is 4.60. The molecule has 0 saturated carbocycles. The van der Waals surface area contributed by atoms with E-state index in [1.165, 1.54) is 11.8 Å². The molecule has 0 unspecified atom stereocenters. The normalized spacial score (nSPS) is 10.7. The highest BCUT2D eigenvalue weighted by atomic mass is 16.5. The lowest BCUT2D eigenvalue weighted by Gasteiger charge is -2.12. The topological polar surface area (TPSA) is 51.0 Å². The molecule has 0 heterocycles. The van der Waals surface area contributed by atoms with Crippen LogP contribution in [0, 0.1) is 6.92 Å². The molecule has 2 rings (SSSR count). The molecule has 0 fully saturated rings. The van der Waals surface area contributed by atoms with Crippen molar-refractivity contribution in [3.8, 4) is 11.5 Å². The third-order valence-electron chi connectivity index (χ3n) is 3.04. The fraction of sp³-hybridized carbons (Fsp3) is 0.188. The Balaban J connectivity index is 2.15. The maximum atomic E-state index is 8.53. The zero-order chi connectivity index (χ0) is 14.4. The highest BCUT2D eigenvalue weighted by molar-refractivity contribution is 5.80. The number of rotatable bonds is 5. The molecule has 4 nitrogen and oxygen atoms in total. The molecule has 2 aromatic carbocycles. The summed E-state index contributed by atoms with van der Waals surface area (Å²) in [6.07, 6.45) is 1.34. The van der Waals surface area contributed by atoms with Gasteiger partial charge in [0.2, 0.25) is 0 Å². The largest absolute Gasteiger partial charge is 0.493 e. The van der Waals surface area contributed by atoms with Gasteiger partial charge in [0.05, 0.1) is 13.3 Å². The summed E-state index contributed by atoms with van der Waals surface area (Å²) in [7, 11) is 1.58. The molecule has 2 aromatic rings. The van der Waals surface area contributed by atoms with Crippen LogP contribution in [0.5, 0.6) is 11.5 Å². The van der Waals surface area contributed by atoms with Gasteiger partial charge in [0, 0.05) is 5.56 Å². The number of oxime groups is 1. The Morgan fingerprint density at radius 3 is 2.65 bits per heavy atom. The summed E-state index contributed by atoms with van der Waals surface area (Å²) < 4.78 is 11.1. The van der Waals surface area contributed by atoms with Gasteiger partial charge < -0.3 is 14.7 Å². The lowest BCUT2D eigenvalue weighted by atomic mass is 10.1. The molecule has 0 aliphatic carbocycles. The van der Waals surface area contributed by atoms with Gasteiger partial charge in [0.15, 0.2) is 11.5 Å². The molecule has 20 heavy (non-hydrogen) atoms. The zero-order valence-electron chi connectivity index (χ0n) is 11.5. The van der Waals surface area contributed by atoms with Crippen LogP contribution >= 0.6 is 0 Å². The summed E-state index contributed by atoms with van der Waals surface area (Å²) >= 11 is 0. The second kappa shape index (κ2) is 6.61. The summed E-state index contributed by atoms with van der Waals surface area (Å²) in [4.78, 5) is 0.